The summed E-state index contributed by atoms with van der Waals surface area (Å²) in [7, 11) is 0. The molecule has 1 aliphatic rings. The number of nitrogens with zero attached hydrogens (tertiary/aromatic N) is 1. The largest absolute Gasteiger partial charge is 0.391 e. The van der Waals surface area contributed by atoms with E-state index < -0.39 is 0 Å². The zero-order valence-electron chi connectivity index (χ0n) is 11.6. The van der Waals surface area contributed by atoms with Crippen LogP contribution in [0.4, 0.5) is 0 Å². The quantitative estimate of drug-likeness (QED) is 0.922. The lowest BCUT2D eigenvalue weighted by molar-refractivity contribution is -0.0612. The number of aliphatic hydroxyl groups is 1. The summed E-state index contributed by atoms with van der Waals surface area (Å²) in [5, 5.41) is 10.6. The van der Waals surface area contributed by atoms with Gasteiger partial charge in [-0.25, -0.2) is 0 Å². The fourth-order valence-corrected chi connectivity index (χ4v) is 2.71. The minimum Gasteiger partial charge on any atom is -0.391 e. The second-order valence-electron chi connectivity index (χ2n) is 5.60. The maximum Gasteiger partial charge on any atom is 0.0758 e. The molecular formula is C15H22BrNO2. The third-order valence-corrected chi connectivity index (χ3v) is 4.51. The van der Waals surface area contributed by atoms with Gasteiger partial charge in [-0.2, -0.15) is 0 Å². The van der Waals surface area contributed by atoms with E-state index in [1.807, 2.05) is 12.1 Å². The molecule has 0 aliphatic carbocycles. The molecule has 1 saturated heterocycles. The van der Waals surface area contributed by atoms with Crippen molar-refractivity contribution in [1.82, 2.24) is 4.90 Å². The predicted octanol–water partition coefficient (Wildman–Crippen LogP) is 2.46. The fourth-order valence-electron chi connectivity index (χ4n) is 2.44. The first kappa shape index (κ1) is 15.0. The Morgan fingerprint density at radius 3 is 2.42 bits per heavy atom. The van der Waals surface area contributed by atoms with Crippen LogP contribution in [0, 0.1) is 0 Å². The van der Waals surface area contributed by atoms with Crippen LogP contribution in [0.3, 0.4) is 0 Å². The van der Waals surface area contributed by atoms with E-state index in [2.05, 4.69) is 46.8 Å². The topological polar surface area (TPSA) is 32.7 Å². The van der Waals surface area contributed by atoms with E-state index >= 15 is 0 Å². The molecule has 1 aliphatic heterocycles. The van der Waals surface area contributed by atoms with E-state index in [-0.39, 0.29) is 11.6 Å². The summed E-state index contributed by atoms with van der Waals surface area (Å²) < 4.78 is 6.45. The molecule has 1 aromatic carbocycles. The number of hydrogen-bond donors (Lipinski definition) is 1. The predicted molar refractivity (Wildman–Crippen MR) is 80.3 cm³/mol. The van der Waals surface area contributed by atoms with Gasteiger partial charge in [0.15, 0.2) is 0 Å². The van der Waals surface area contributed by atoms with Crippen molar-refractivity contribution in [3.63, 3.8) is 0 Å². The molecule has 3 nitrogen and oxygen atoms in total. The first-order valence-corrected chi connectivity index (χ1v) is 7.55. The lowest BCUT2D eigenvalue weighted by Gasteiger charge is -2.43. The van der Waals surface area contributed by atoms with Gasteiger partial charge in [-0.1, -0.05) is 28.1 Å². The Bertz CT molecular complexity index is 399. The van der Waals surface area contributed by atoms with Crippen LogP contribution in [-0.4, -0.2) is 48.0 Å². The molecule has 1 unspecified atom stereocenters. The molecule has 1 heterocycles. The molecule has 0 radical (unpaired) electrons. The Hall–Kier alpha value is -0.420. The molecule has 1 aromatic rings. The summed E-state index contributed by atoms with van der Waals surface area (Å²) in [6.45, 7) is 7.53. The van der Waals surface area contributed by atoms with Crippen molar-refractivity contribution < 1.29 is 9.84 Å². The van der Waals surface area contributed by atoms with Gasteiger partial charge < -0.3 is 9.84 Å². The molecule has 0 bridgehead atoms. The summed E-state index contributed by atoms with van der Waals surface area (Å²) in [5.74, 6) is 0. The van der Waals surface area contributed by atoms with E-state index in [1.165, 1.54) is 0 Å². The summed E-state index contributed by atoms with van der Waals surface area (Å²) in [4.78, 5) is 2.32. The van der Waals surface area contributed by atoms with Crippen LogP contribution in [0.2, 0.25) is 0 Å². The molecule has 106 valence electrons. The second-order valence-corrected chi connectivity index (χ2v) is 6.52. The fraction of sp³-hybridized carbons (Fsp3) is 0.600. The van der Waals surface area contributed by atoms with Crippen LogP contribution in [-0.2, 0) is 11.2 Å². The number of ether oxygens (including phenoxy) is 1. The molecule has 0 amide bonds. The molecule has 2 rings (SSSR count). The van der Waals surface area contributed by atoms with Gasteiger partial charge in [0.25, 0.3) is 0 Å². The molecular weight excluding hydrogens is 306 g/mol. The second kappa shape index (κ2) is 6.35. The minimum absolute atomic E-state index is 0.225. The van der Waals surface area contributed by atoms with E-state index in [0.717, 1.165) is 36.3 Å². The smallest absolute Gasteiger partial charge is 0.0758 e. The van der Waals surface area contributed by atoms with E-state index in [9.17, 15) is 5.11 Å². The van der Waals surface area contributed by atoms with E-state index in [0.29, 0.717) is 6.42 Å². The summed E-state index contributed by atoms with van der Waals surface area (Å²) in [5.41, 5.74) is 0.939. The van der Waals surface area contributed by atoms with Crippen molar-refractivity contribution >= 4 is 15.9 Å². The van der Waals surface area contributed by atoms with Crippen LogP contribution < -0.4 is 0 Å². The van der Waals surface area contributed by atoms with Crippen LogP contribution in [0.15, 0.2) is 28.7 Å². The van der Waals surface area contributed by atoms with Crippen molar-refractivity contribution in [2.24, 2.45) is 0 Å². The molecule has 4 heteroatoms. The van der Waals surface area contributed by atoms with Gasteiger partial charge in [-0.15, -0.1) is 0 Å². The zero-order valence-corrected chi connectivity index (χ0v) is 13.2. The number of halogens is 1. The molecule has 1 fully saturated rings. The highest BCUT2D eigenvalue weighted by Gasteiger charge is 2.35. The van der Waals surface area contributed by atoms with Gasteiger partial charge in [0.2, 0.25) is 0 Å². The van der Waals surface area contributed by atoms with Crippen molar-refractivity contribution in [1.29, 1.82) is 0 Å². The van der Waals surface area contributed by atoms with Gasteiger partial charge in [0.1, 0.15) is 0 Å². The van der Waals surface area contributed by atoms with Crippen LogP contribution >= 0.6 is 15.9 Å². The van der Waals surface area contributed by atoms with E-state index in [4.69, 9.17) is 4.74 Å². The number of aliphatic hydroxyl groups excluding tert-OH is 1. The Kier molecular flexibility index (Phi) is 5.01. The van der Waals surface area contributed by atoms with Gasteiger partial charge in [-0.3, -0.25) is 4.90 Å². The lowest BCUT2D eigenvalue weighted by Crippen LogP contribution is -2.56. The molecule has 1 atom stereocenters. The molecule has 0 spiro atoms. The number of rotatable bonds is 4. The lowest BCUT2D eigenvalue weighted by atomic mass is 9.89. The Morgan fingerprint density at radius 2 is 1.84 bits per heavy atom. The summed E-state index contributed by atoms with van der Waals surface area (Å²) >= 11 is 3.43. The average molecular weight is 328 g/mol. The van der Waals surface area contributed by atoms with Gasteiger partial charge >= 0.3 is 0 Å². The van der Waals surface area contributed by atoms with Crippen LogP contribution in [0.5, 0.6) is 0 Å². The van der Waals surface area contributed by atoms with Gasteiger partial charge in [0.05, 0.1) is 19.3 Å². The monoisotopic (exact) mass is 327 g/mol. The SMILES string of the molecule is CC(C)(C(O)Cc1ccc(Br)cc1)N1CCOCC1. The number of benzene rings is 1. The Balaban J connectivity index is 2.00. The first-order valence-electron chi connectivity index (χ1n) is 6.75. The molecule has 0 saturated carbocycles. The number of morpholine rings is 1. The van der Waals surface area contributed by atoms with E-state index in [1.54, 1.807) is 0 Å². The highest BCUT2D eigenvalue weighted by molar-refractivity contribution is 9.10. The van der Waals surface area contributed by atoms with Crippen LogP contribution in [0.25, 0.3) is 0 Å². The third kappa shape index (κ3) is 3.78. The minimum atomic E-state index is -0.383. The van der Waals surface area contributed by atoms with Crippen LogP contribution in [0.1, 0.15) is 19.4 Å². The Labute approximate surface area is 123 Å². The summed E-state index contributed by atoms with van der Waals surface area (Å²) in [6.07, 6.45) is 0.296. The molecule has 0 aromatic heterocycles. The van der Waals surface area contributed by atoms with Gasteiger partial charge in [0, 0.05) is 29.5 Å². The van der Waals surface area contributed by atoms with Crippen molar-refractivity contribution in [3.05, 3.63) is 34.3 Å². The highest BCUT2D eigenvalue weighted by atomic mass is 79.9. The maximum absolute atomic E-state index is 10.6. The normalized spacial score (nSPS) is 19.4. The average Bonchev–Trinajstić information content (AvgIpc) is 2.42. The maximum atomic E-state index is 10.6. The van der Waals surface area contributed by atoms with Gasteiger partial charge in [-0.05, 0) is 31.5 Å². The van der Waals surface area contributed by atoms with Crippen molar-refractivity contribution in [2.75, 3.05) is 26.3 Å². The standard InChI is InChI=1S/C15H22BrNO2/c1-15(2,17-7-9-19-10-8-17)14(18)11-12-3-5-13(16)6-4-12/h3-6,14,18H,7-11H2,1-2H3. The third-order valence-electron chi connectivity index (χ3n) is 3.98. The van der Waals surface area contributed by atoms with Crippen molar-refractivity contribution in [3.8, 4) is 0 Å². The van der Waals surface area contributed by atoms with Crippen molar-refractivity contribution in [2.45, 2.75) is 31.9 Å². The molecule has 19 heavy (non-hydrogen) atoms. The number of hydrogen-bond acceptors (Lipinski definition) is 3. The Morgan fingerprint density at radius 1 is 1.26 bits per heavy atom. The zero-order chi connectivity index (χ0) is 13.9. The summed E-state index contributed by atoms with van der Waals surface area (Å²) in [6, 6.07) is 8.15. The highest BCUT2D eigenvalue weighted by Crippen LogP contribution is 2.23. The molecule has 1 N–H and O–H groups in total. The first-order chi connectivity index (χ1) is 9.00.